The standard InChI is InChI=1S/C26H20BrNO4S/c1-13-22(19-11-17(31-4)9-10-20(19)28(13)3)24-23(25(29)32-26(24)30)18-12-21(33-14(18)2)15-5-7-16(27)8-6-15/h5-12H,1-4H3. The first-order valence-corrected chi connectivity index (χ1v) is 11.9. The SMILES string of the molecule is COc1ccc2c(c1)c(C1=C(c3cc(-c4ccc(Br)cc4)sc3C)C(=O)OC1=O)c(C)n2C. The second-order valence-electron chi connectivity index (χ2n) is 7.92. The number of hydrogen-bond acceptors (Lipinski definition) is 5. The molecule has 1 aliphatic rings. The van der Waals surface area contributed by atoms with Crippen LogP contribution in [0.2, 0.25) is 0 Å². The van der Waals surface area contributed by atoms with E-state index in [0.717, 1.165) is 42.0 Å². The number of aromatic nitrogens is 1. The molecule has 0 bridgehead atoms. The molecule has 0 saturated carbocycles. The van der Waals surface area contributed by atoms with Gasteiger partial charge >= 0.3 is 11.9 Å². The van der Waals surface area contributed by atoms with Crippen LogP contribution in [0.4, 0.5) is 0 Å². The van der Waals surface area contributed by atoms with Gasteiger partial charge in [-0.25, -0.2) is 9.59 Å². The number of cyclic esters (lactones) is 2. The quantitative estimate of drug-likeness (QED) is 0.234. The van der Waals surface area contributed by atoms with Gasteiger partial charge in [0.15, 0.2) is 0 Å². The highest BCUT2D eigenvalue weighted by atomic mass is 79.9. The average molecular weight is 522 g/mol. The summed E-state index contributed by atoms with van der Waals surface area (Å²) in [5.41, 5.74) is 4.91. The van der Waals surface area contributed by atoms with E-state index in [-0.39, 0.29) is 0 Å². The highest BCUT2D eigenvalue weighted by Gasteiger charge is 2.38. The maximum Gasteiger partial charge on any atom is 0.347 e. The zero-order valence-corrected chi connectivity index (χ0v) is 20.9. The molecule has 0 amide bonds. The van der Waals surface area contributed by atoms with Gasteiger partial charge in [-0.3, -0.25) is 0 Å². The Kier molecular flexibility index (Phi) is 5.26. The molecule has 0 atom stereocenters. The highest BCUT2D eigenvalue weighted by Crippen LogP contribution is 2.44. The van der Waals surface area contributed by atoms with Crippen molar-refractivity contribution in [3.05, 3.63) is 74.7 Å². The molecule has 0 radical (unpaired) electrons. The third kappa shape index (κ3) is 3.43. The van der Waals surface area contributed by atoms with Crippen LogP contribution in [0.3, 0.4) is 0 Å². The number of hydrogen-bond donors (Lipinski definition) is 0. The van der Waals surface area contributed by atoms with Gasteiger partial charge < -0.3 is 14.0 Å². The molecule has 1 aliphatic heterocycles. The number of fused-ring (bicyclic) bond motifs is 1. The number of benzene rings is 2. The van der Waals surface area contributed by atoms with Crippen molar-refractivity contribution >= 4 is 61.3 Å². The molecule has 33 heavy (non-hydrogen) atoms. The number of rotatable bonds is 4. The summed E-state index contributed by atoms with van der Waals surface area (Å²) in [5, 5.41) is 0.842. The minimum atomic E-state index is -0.621. The molecular weight excluding hydrogens is 502 g/mol. The lowest BCUT2D eigenvalue weighted by atomic mass is 9.94. The van der Waals surface area contributed by atoms with E-state index in [0.29, 0.717) is 22.5 Å². The predicted octanol–water partition coefficient (Wildman–Crippen LogP) is 6.29. The average Bonchev–Trinajstić information content (AvgIpc) is 3.39. The Hall–Kier alpha value is -3.16. The number of aryl methyl sites for hydroxylation is 2. The van der Waals surface area contributed by atoms with E-state index in [1.54, 1.807) is 18.4 Å². The van der Waals surface area contributed by atoms with Gasteiger partial charge in [0, 0.05) is 49.0 Å². The fraction of sp³-hybridized carbons (Fsp3) is 0.154. The first kappa shape index (κ1) is 21.7. The maximum absolute atomic E-state index is 13.0. The number of halogens is 1. The smallest absolute Gasteiger partial charge is 0.347 e. The molecular formula is C26H20BrNO4S. The Morgan fingerprint density at radius 1 is 0.970 bits per heavy atom. The van der Waals surface area contributed by atoms with Crippen LogP contribution in [-0.2, 0) is 21.4 Å². The number of ether oxygens (including phenoxy) is 2. The predicted molar refractivity (Wildman–Crippen MR) is 134 cm³/mol. The van der Waals surface area contributed by atoms with Crippen LogP contribution in [0.1, 0.15) is 21.7 Å². The van der Waals surface area contributed by atoms with E-state index >= 15 is 0 Å². The summed E-state index contributed by atoms with van der Waals surface area (Å²) in [6, 6.07) is 15.7. The second-order valence-corrected chi connectivity index (χ2v) is 10.1. The molecule has 0 unspecified atom stereocenters. The molecule has 0 aliphatic carbocycles. The molecule has 166 valence electrons. The van der Waals surface area contributed by atoms with Crippen molar-refractivity contribution < 1.29 is 19.1 Å². The fourth-order valence-corrected chi connectivity index (χ4v) is 5.64. The van der Waals surface area contributed by atoms with Crippen molar-refractivity contribution in [1.82, 2.24) is 4.57 Å². The summed E-state index contributed by atoms with van der Waals surface area (Å²) >= 11 is 5.05. The van der Waals surface area contributed by atoms with Crippen LogP contribution in [0.5, 0.6) is 5.75 Å². The fourth-order valence-electron chi connectivity index (χ4n) is 4.34. The zero-order valence-electron chi connectivity index (χ0n) is 18.5. The first-order chi connectivity index (χ1) is 15.8. The summed E-state index contributed by atoms with van der Waals surface area (Å²) in [6.07, 6.45) is 0. The largest absolute Gasteiger partial charge is 0.497 e. The van der Waals surface area contributed by atoms with Gasteiger partial charge in [0.25, 0.3) is 0 Å². The van der Waals surface area contributed by atoms with Crippen LogP contribution < -0.4 is 4.74 Å². The van der Waals surface area contributed by atoms with Crippen molar-refractivity contribution in [1.29, 1.82) is 0 Å². The van der Waals surface area contributed by atoms with E-state index in [4.69, 9.17) is 9.47 Å². The van der Waals surface area contributed by atoms with Crippen LogP contribution in [-0.4, -0.2) is 23.6 Å². The third-order valence-corrected chi connectivity index (χ3v) is 7.74. The van der Waals surface area contributed by atoms with Crippen molar-refractivity contribution in [2.24, 2.45) is 7.05 Å². The first-order valence-electron chi connectivity index (χ1n) is 10.3. The van der Waals surface area contributed by atoms with E-state index < -0.39 is 11.9 Å². The van der Waals surface area contributed by atoms with Crippen molar-refractivity contribution in [2.45, 2.75) is 13.8 Å². The number of esters is 2. The van der Waals surface area contributed by atoms with Gasteiger partial charge in [0.2, 0.25) is 0 Å². The lowest BCUT2D eigenvalue weighted by Gasteiger charge is -2.05. The van der Waals surface area contributed by atoms with Crippen molar-refractivity contribution in [2.75, 3.05) is 7.11 Å². The summed E-state index contributed by atoms with van der Waals surface area (Å²) in [4.78, 5) is 27.9. The Balaban J connectivity index is 1.77. The Bertz CT molecular complexity index is 1490. The Morgan fingerprint density at radius 2 is 1.67 bits per heavy atom. The van der Waals surface area contributed by atoms with Crippen LogP contribution in [0.25, 0.3) is 32.5 Å². The number of carbonyl (C=O) groups excluding carboxylic acids is 2. The lowest BCUT2D eigenvalue weighted by Crippen LogP contribution is -2.02. The van der Waals surface area contributed by atoms with E-state index in [9.17, 15) is 9.59 Å². The highest BCUT2D eigenvalue weighted by molar-refractivity contribution is 9.10. The molecule has 5 rings (SSSR count). The summed E-state index contributed by atoms with van der Waals surface area (Å²) in [6.45, 7) is 3.90. The van der Waals surface area contributed by atoms with Gasteiger partial charge in [0.05, 0.1) is 18.3 Å². The Morgan fingerprint density at radius 3 is 2.36 bits per heavy atom. The third-order valence-electron chi connectivity index (χ3n) is 6.11. The minimum Gasteiger partial charge on any atom is -0.497 e. The topological polar surface area (TPSA) is 57.5 Å². The molecule has 2 aromatic heterocycles. The lowest BCUT2D eigenvalue weighted by molar-refractivity contribution is -0.149. The molecule has 4 aromatic rings. The number of nitrogens with zero attached hydrogens (tertiary/aromatic N) is 1. The summed E-state index contributed by atoms with van der Waals surface area (Å²) in [5.74, 6) is -0.555. The van der Waals surface area contributed by atoms with Gasteiger partial charge in [-0.15, -0.1) is 11.3 Å². The molecule has 5 nitrogen and oxygen atoms in total. The molecule has 3 heterocycles. The van der Waals surface area contributed by atoms with E-state index in [1.165, 1.54) is 0 Å². The van der Waals surface area contributed by atoms with Gasteiger partial charge in [-0.1, -0.05) is 28.1 Å². The normalized spacial score (nSPS) is 13.8. The number of thiophene rings is 1. The molecule has 2 aromatic carbocycles. The van der Waals surface area contributed by atoms with Gasteiger partial charge in [-0.2, -0.15) is 0 Å². The van der Waals surface area contributed by atoms with E-state index in [2.05, 4.69) is 15.9 Å². The molecule has 0 fully saturated rings. The number of carbonyl (C=O) groups is 2. The Labute approximate surface area is 203 Å². The molecule has 0 N–H and O–H groups in total. The molecule has 0 saturated heterocycles. The van der Waals surface area contributed by atoms with Crippen LogP contribution in [0.15, 0.2) is 53.0 Å². The van der Waals surface area contributed by atoms with Crippen molar-refractivity contribution in [3.63, 3.8) is 0 Å². The van der Waals surface area contributed by atoms with Crippen LogP contribution >= 0.6 is 27.3 Å². The second kappa shape index (κ2) is 8.01. The summed E-state index contributed by atoms with van der Waals surface area (Å²) < 4.78 is 13.6. The van der Waals surface area contributed by atoms with E-state index in [1.807, 2.05) is 74.0 Å². The van der Waals surface area contributed by atoms with Gasteiger partial charge in [-0.05, 0) is 55.8 Å². The van der Waals surface area contributed by atoms with Gasteiger partial charge in [0.1, 0.15) is 5.75 Å². The summed E-state index contributed by atoms with van der Waals surface area (Å²) in [7, 11) is 3.55. The molecule has 7 heteroatoms. The minimum absolute atomic E-state index is 0.305. The maximum atomic E-state index is 13.0. The van der Waals surface area contributed by atoms with Crippen molar-refractivity contribution in [3.8, 4) is 16.2 Å². The monoisotopic (exact) mass is 521 g/mol. The number of methoxy groups -OCH3 is 1. The molecule has 0 spiro atoms. The van der Waals surface area contributed by atoms with Crippen LogP contribution in [0, 0.1) is 13.8 Å². The zero-order chi connectivity index (χ0) is 23.4.